The summed E-state index contributed by atoms with van der Waals surface area (Å²) in [5.41, 5.74) is 0.961. The highest BCUT2D eigenvalue weighted by molar-refractivity contribution is 5.56. The summed E-state index contributed by atoms with van der Waals surface area (Å²) in [6.07, 6.45) is 4.97. The predicted octanol–water partition coefficient (Wildman–Crippen LogP) is 2.50. The molecule has 2 rings (SSSR count). The van der Waals surface area contributed by atoms with Gasteiger partial charge in [0, 0.05) is 12.3 Å². The first kappa shape index (κ1) is 15.4. The van der Waals surface area contributed by atoms with Crippen LogP contribution in [0.2, 0.25) is 0 Å². The van der Waals surface area contributed by atoms with Crippen molar-refractivity contribution in [3.05, 3.63) is 41.4 Å². The fourth-order valence-corrected chi connectivity index (χ4v) is 2.04. The number of nitriles is 2. The number of nitrogens with zero attached hydrogens (tertiary/aromatic N) is 4. The summed E-state index contributed by atoms with van der Waals surface area (Å²) < 4.78 is 10.9. The quantitative estimate of drug-likeness (QED) is 0.830. The zero-order valence-corrected chi connectivity index (χ0v) is 12.5. The second-order valence-corrected chi connectivity index (χ2v) is 4.46. The Kier molecular flexibility index (Phi) is 5.00. The topological polar surface area (TPSA) is 82.2 Å². The molecule has 0 unspecified atom stereocenters. The summed E-state index contributed by atoms with van der Waals surface area (Å²) in [5, 5.41) is 18.2. The monoisotopic (exact) mass is 296 g/mol. The lowest BCUT2D eigenvalue weighted by atomic mass is 10.2. The van der Waals surface area contributed by atoms with Crippen LogP contribution in [0.3, 0.4) is 0 Å². The molecule has 1 aliphatic rings. The van der Waals surface area contributed by atoms with Crippen molar-refractivity contribution >= 4 is 5.82 Å². The van der Waals surface area contributed by atoms with Crippen molar-refractivity contribution in [2.75, 3.05) is 24.7 Å². The summed E-state index contributed by atoms with van der Waals surface area (Å²) >= 11 is 0. The molecular weight excluding hydrogens is 280 g/mol. The standard InChI is InChI=1S/C16H16N4O2/c1-3-21-14-5-12(7-17)10-20(11-14)16-6-15(22-4-2)13(8-18)9-19-16/h5-6,9,11H,3-4,10H2,1-2H3. The summed E-state index contributed by atoms with van der Waals surface area (Å²) in [6.45, 7) is 5.11. The molecule has 1 aliphatic heterocycles. The number of aromatic nitrogens is 1. The number of hydrogen-bond donors (Lipinski definition) is 0. The van der Waals surface area contributed by atoms with Crippen LogP contribution in [-0.4, -0.2) is 24.7 Å². The Morgan fingerprint density at radius 2 is 2.00 bits per heavy atom. The van der Waals surface area contributed by atoms with E-state index in [0.717, 1.165) is 0 Å². The third kappa shape index (κ3) is 3.36. The van der Waals surface area contributed by atoms with Gasteiger partial charge in [-0.3, -0.25) is 0 Å². The summed E-state index contributed by atoms with van der Waals surface area (Å²) in [7, 11) is 0. The zero-order valence-electron chi connectivity index (χ0n) is 12.5. The van der Waals surface area contributed by atoms with Crippen LogP contribution in [0, 0.1) is 22.7 Å². The fraction of sp³-hybridized carbons (Fsp3) is 0.312. The second-order valence-electron chi connectivity index (χ2n) is 4.46. The first-order valence-corrected chi connectivity index (χ1v) is 6.96. The molecule has 0 saturated heterocycles. The Morgan fingerprint density at radius 1 is 1.23 bits per heavy atom. The van der Waals surface area contributed by atoms with Gasteiger partial charge in [-0.1, -0.05) is 0 Å². The predicted molar refractivity (Wildman–Crippen MR) is 80.9 cm³/mol. The third-order valence-corrected chi connectivity index (χ3v) is 2.96. The smallest absolute Gasteiger partial charge is 0.142 e. The summed E-state index contributed by atoms with van der Waals surface area (Å²) in [4.78, 5) is 6.06. The van der Waals surface area contributed by atoms with Crippen molar-refractivity contribution in [3.8, 4) is 17.9 Å². The van der Waals surface area contributed by atoms with Crippen molar-refractivity contribution in [3.63, 3.8) is 0 Å². The van der Waals surface area contributed by atoms with E-state index in [1.165, 1.54) is 6.20 Å². The SMILES string of the molecule is CCOC1=CN(c2cc(OCC)c(C#N)cn2)CC(C#N)=C1. The zero-order chi connectivity index (χ0) is 15.9. The van der Waals surface area contributed by atoms with Crippen molar-refractivity contribution < 1.29 is 9.47 Å². The highest BCUT2D eigenvalue weighted by Gasteiger charge is 2.17. The van der Waals surface area contributed by atoms with Gasteiger partial charge in [-0.05, 0) is 19.9 Å². The Balaban J connectivity index is 2.35. The molecule has 0 saturated carbocycles. The van der Waals surface area contributed by atoms with E-state index in [1.54, 1.807) is 23.2 Å². The molecule has 0 radical (unpaired) electrons. The van der Waals surface area contributed by atoms with Gasteiger partial charge in [-0.25, -0.2) is 4.98 Å². The normalized spacial score (nSPS) is 13.5. The van der Waals surface area contributed by atoms with E-state index >= 15 is 0 Å². The van der Waals surface area contributed by atoms with Crippen LogP contribution in [0.15, 0.2) is 35.9 Å². The van der Waals surface area contributed by atoms with E-state index in [1.807, 2.05) is 19.9 Å². The number of ether oxygens (including phenoxy) is 2. The van der Waals surface area contributed by atoms with Crippen molar-refractivity contribution in [1.82, 2.24) is 4.98 Å². The van der Waals surface area contributed by atoms with Crippen molar-refractivity contribution in [2.45, 2.75) is 13.8 Å². The first-order chi connectivity index (χ1) is 10.7. The van der Waals surface area contributed by atoms with Crippen LogP contribution in [0.4, 0.5) is 5.82 Å². The number of rotatable bonds is 5. The van der Waals surface area contributed by atoms with E-state index < -0.39 is 0 Å². The summed E-state index contributed by atoms with van der Waals surface area (Å²) in [5.74, 6) is 1.68. The molecule has 1 aromatic rings. The molecule has 0 spiro atoms. The van der Waals surface area contributed by atoms with Crippen LogP contribution in [0.5, 0.6) is 5.75 Å². The maximum absolute atomic E-state index is 9.15. The van der Waals surface area contributed by atoms with Crippen LogP contribution in [0.1, 0.15) is 19.4 Å². The largest absolute Gasteiger partial charge is 0.492 e. The first-order valence-electron chi connectivity index (χ1n) is 6.96. The molecule has 0 atom stereocenters. The van der Waals surface area contributed by atoms with Crippen LogP contribution in [0.25, 0.3) is 0 Å². The molecule has 112 valence electrons. The van der Waals surface area contributed by atoms with Crippen molar-refractivity contribution in [2.24, 2.45) is 0 Å². The van der Waals surface area contributed by atoms with Gasteiger partial charge >= 0.3 is 0 Å². The molecule has 6 nitrogen and oxygen atoms in total. The Hall–Kier alpha value is -2.99. The lowest BCUT2D eigenvalue weighted by molar-refractivity contribution is 0.240. The van der Waals surface area contributed by atoms with Gasteiger partial charge in [0.2, 0.25) is 0 Å². The van der Waals surface area contributed by atoms with E-state index in [-0.39, 0.29) is 0 Å². The Bertz CT molecular complexity index is 695. The average molecular weight is 296 g/mol. The van der Waals surface area contributed by atoms with Crippen LogP contribution in [-0.2, 0) is 4.74 Å². The van der Waals surface area contributed by atoms with Gasteiger partial charge in [-0.15, -0.1) is 0 Å². The fourth-order valence-electron chi connectivity index (χ4n) is 2.04. The Labute approximate surface area is 129 Å². The number of hydrogen-bond acceptors (Lipinski definition) is 6. The van der Waals surface area contributed by atoms with E-state index in [4.69, 9.17) is 20.0 Å². The molecule has 0 amide bonds. The molecule has 6 heteroatoms. The minimum Gasteiger partial charge on any atom is -0.492 e. The van der Waals surface area contributed by atoms with Crippen LogP contribution >= 0.6 is 0 Å². The Morgan fingerprint density at radius 3 is 2.64 bits per heavy atom. The molecule has 0 aliphatic carbocycles. The number of allylic oxidation sites excluding steroid dienone is 1. The molecular formula is C16H16N4O2. The molecule has 1 aromatic heterocycles. The van der Waals surface area contributed by atoms with Gasteiger partial charge in [-0.2, -0.15) is 10.5 Å². The molecule has 0 bridgehead atoms. The highest BCUT2D eigenvalue weighted by Crippen LogP contribution is 2.26. The number of anilines is 1. The minimum atomic E-state index is 0.382. The lowest BCUT2D eigenvalue weighted by Gasteiger charge is -2.24. The molecule has 22 heavy (non-hydrogen) atoms. The minimum absolute atomic E-state index is 0.382. The molecule has 0 N–H and O–H groups in total. The van der Waals surface area contributed by atoms with Gasteiger partial charge in [0.15, 0.2) is 0 Å². The maximum atomic E-state index is 9.15. The van der Waals surface area contributed by atoms with Gasteiger partial charge < -0.3 is 14.4 Å². The highest BCUT2D eigenvalue weighted by atomic mass is 16.5. The van der Waals surface area contributed by atoms with Gasteiger partial charge in [0.1, 0.15) is 29.0 Å². The third-order valence-electron chi connectivity index (χ3n) is 2.96. The van der Waals surface area contributed by atoms with E-state index in [2.05, 4.69) is 11.1 Å². The molecule has 0 fully saturated rings. The van der Waals surface area contributed by atoms with Gasteiger partial charge in [0.05, 0.1) is 37.6 Å². The summed E-state index contributed by atoms with van der Waals surface area (Å²) in [6, 6.07) is 5.89. The van der Waals surface area contributed by atoms with Crippen LogP contribution < -0.4 is 9.64 Å². The molecule has 0 aromatic carbocycles. The van der Waals surface area contributed by atoms with Gasteiger partial charge in [0.25, 0.3) is 0 Å². The van der Waals surface area contributed by atoms with Crippen molar-refractivity contribution in [1.29, 1.82) is 10.5 Å². The lowest BCUT2D eigenvalue weighted by Crippen LogP contribution is -2.24. The maximum Gasteiger partial charge on any atom is 0.142 e. The average Bonchev–Trinajstić information content (AvgIpc) is 2.55. The van der Waals surface area contributed by atoms with E-state index in [9.17, 15) is 0 Å². The molecule has 2 heterocycles. The number of pyridine rings is 1. The second kappa shape index (κ2) is 7.14. The van der Waals surface area contributed by atoms with E-state index in [0.29, 0.717) is 48.2 Å².